The highest BCUT2D eigenvalue weighted by Gasteiger charge is 2.30. The Balaban J connectivity index is 1.75. The number of carbonyl (C=O) groups excluding carboxylic acids is 1. The summed E-state index contributed by atoms with van der Waals surface area (Å²) in [5.41, 5.74) is 2.62. The number of aldehydes is 1. The van der Waals surface area contributed by atoms with Crippen molar-refractivity contribution in [1.29, 1.82) is 0 Å². The third-order valence-corrected chi connectivity index (χ3v) is 7.84. The Labute approximate surface area is 197 Å². The second-order valence-corrected chi connectivity index (χ2v) is 10.3. The molecule has 0 spiro atoms. The molecule has 33 heavy (non-hydrogen) atoms. The summed E-state index contributed by atoms with van der Waals surface area (Å²) in [4.78, 5) is 16.0. The molecule has 0 saturated heterocycles. The van der Waals surface area contributed by atoms with Gasteiger partial charge in [0.2, 0.25) is 10.0 Å². The predicted octanol–water partition coefficient (Wildman–Crippen LogP) is 5.29. The molecule has 0 atom stereocenters. The summed E-state index contributed by atoms with van der Waals surface area (Å²) in [6, 6.07) is 25.0. The highest BCUT2D eigenvalue weighted by Crippen LogP contribution is 2.32. The number of aromatic nitrogens is 1. The van der Waals surface area contributed by atoms with E-state index in [2.05, 4.69) is 4.98 Å². The van der Waals surface area contributed by atoms with E-state index in [1.165, 1.54) is 21.7 Å². The van der Waals surface area contributed by atoms with Crippen molar-refractivity contribution >= 4 is 39.3 Å². The molecule has 0 aliphatic carbocycles. The largest absolute Gasteiger partial charge is 0.298 e. The first-order chi connectivity index (χ1) is 16.0. The van der Waals surface area contributed by atoms with E-state index in [1.54, 1.807) is 37.5 Å². The summed E-state index contributed by atoms with van der Waals surface area (Å²) in [7, 11) is -2.30. The molecule has 0 amide bonds. The number of sulfonamides is 1. The molecular formula is C26H22N2O3S2. The fourth-order valence-corrected chi connectivity index (χ4v) is 5.61. The van der Waals surface area contributed by atoms with E-state index in [4.69, 9.17) is 0 Å². The monoisotopic (exact) mass is 474 g/mol. The second kappa shape index (κ2) is 10.0. The molecule has 0 unspecified atom stereocenters. The van der Waals surface area contributed by atoms with Crippen LogP contribution in [0.15, 0.2) is 101 Å². The van der Waals surface area contributed by atoms with E-state index < -0.39 is 16.1 Å². The zero-order valence-corrected chi connectivity index (χ0v) is 19.5. The molecule has 0 radical (unpaired) electrons. The summed E-state index contributed by atoms with van der Waals surface area (Å²) in [6.45, 7) is 0. The third kappa shape index (κ3) is 5.01. The van der Waals surface area contributed by atoms with Crippen LogP contribution in [0.1, 0.15) is 27.7 Å². The fraction of sp³-hybridized carbons (Fsp3) is 0.0769. The Morgan fingerprint density at radius 1 is 0.939 bits per heavy atom. The lowest BCUT2D eigenvalue weighted by Gasteiger charge is -2.28. The SMILES string of the molecule is CN(C(c1ccccc1)c1ccccc1)S(=O)(=O)c1cccc(/C(C=O)=C\c2nccs2)c1. The van der Waals surface area contributed by atoms with Crippen LogP contribution in [-0.4, -0.2) is 31.0 Å². The van der Waals surface area contributed by atoms with Gasteiger partial charge in [0.05, 0.1) is 10.9 Å². The lowest BCUT2D eigenvalue weighted by molar-refractivity contribution is -0.103. The molecule has 7 heteroatoms. The van der Waals surface area contributed by atoms with Gasteiger partial charge in [-0.3, -0.25) is 4.79 Å². The maximum Gasteiger partial charge on any atom is 0.243 e. The fourth-order valence-electron chi connectivity index (χ4n) is 3.65. The maximum absolute atomic E-state index is 13.7. The van der Waals surface area contributed by atoms with Crippen LogP contribution in [0.25, 0.3) is 11.6 Å². The van der Waals surface area contributed by atoms with Crippen molar-refractivity contribution in [3.63, 3.8) is 0 Å². The van der Waals surface area contributed by atoms with Crippen LogP contribution in [0.3, 0.4) is 0 Å². The van der Waals surface area contributed by atoms with Crippen molar-refractivity contribution in [3.8, 4) is 0 Å². The Bertz CT molecular complexity index is 1310. The normalized spacial score (nSPS) is 12.3. The van der Waals surface area contributed by atoms with Crippen molar-refractivity contribution in [3.05, 3.63) is 118 Å². The molecule has 4 rings (SSSR count). The summed E-state index contributed by atoms with van der Waals surface area (Å²) in [5, 5.41) is 2.49. The number of nitrogens with zero attached hydrogens (tertiary/aromatic N) is 2. The predicted molar refractivity (Wildman–Crippen MR) is 132 cm³/mol. The average molecular weight is 475 g/mol. The molecule has 0 fully saturated rings. The topological polar surface area (TPSA) is 67.3 Å². The first kappa shape index (κ1) is 22.8. The van der Waals surface area contributed by atoms with Gasteiger partial charge in [0.1, 0.15) is 5.01 Å². The van der Waals surface area contributed by atoms with Gasteiger partial charge in [-0.25, -0.2) is 13.4 Å². The number of carbonyl (C=O) groups is 1. The molecule has 5 nitrogen and oxygen atoms in total. The number of rotatable bonds is 8. The van der Waals surface area contributed by atoms with Crippen molar-refractivity contribution in [2.75, 3.05) is 7.05 Å². The van der Waals surface area contributed by atoms with E-state index >= 15 is 0 Å². The van der Waals surface area contributed by atoms with Crippen LogP contribution in [0.2, 0.25) is 0 Å². The Kier molecular flexibility index (Phi) is 6.93. The molecule has 0 N–H and O–H groups in total. The highest BCUT2D eigenvalue weighted by atomic mass is 32.2. The van der Waals surface area contributed by atoms with Crippen LogP contribution in [-0.2, 0) is 14.8 Å². The number of allylic oxidation sites excluding steroid dienone is 1. The minimum atomic E-state index is -3.88. The summed E-state index contributed by atoms with van der Waals surface area (Å²) in [5.74, 6) is 0. The molecule has 3 aromatic carbocycles. The Hall–Kier alpha value is -3.39. The van der Waals surface area contributed by atoms with Crippen molar-refractivity contribution in [1.82, 2.24) is 9.29 Å². The first-order valence-electron chi connectivity index (χ1n) is 10.3. The van der Waals surface area contributed by atoms with Gasteiger partial charge in [0.15, 0.2) is 6.29 Å². The smallest absolute Gasteiger partial charge is 0.243 e. The zero-order chi connectivity index (χ0) is 23.3. The van der Waals surface area contributed by atoms with Gasteiger partial charge < -0.3 is 0 Å². The lowest BCUT2D eigenvalue weighted by atomic mass is 9.99. The maximum atomic E-state index is 13.7. The molecule has 166 valence electrons. The van der Waals surface area contributed by atoms with E-state index in [-0.39, 0.29) is 4.90 Å². The van der Waals surface area contributed by atoms with Gasteiger partial charge in [-0.05, 0) is 34.9 Å². The molecule has 1 aromatic heterocycles. The van der Waals surface area contributed by atoms with Crippen molar-refractivity contribution in [2.45, 2.75) is 10.9 Å². The van der Waals surface area contributed by atoms with E-state index in [0.29, 0.717) is 22.4 Å². The van der Waals surface area contributed by atoms with Crippen LogP contribution >= 0.6 is 11.3 Å². The first-order valence-corrected chi connectivity index (χ1v) is 12.6. The Morgan fingerprint density at radius 3 is 2.12 bits per heavy atom. The van der Waals surface area contributed by atoms with Gasteiger partial charge in [0.25, 0.3) is 0 Å². The Morgan fingerprint density at radius 2 is 1.58 bits per heavy atom. The van der Waals surface area contributed by atoms with Gasteiger partial charge in [-0.15, -0.1) is 11.3 Å². The second-order valence-electron chi connectivity index (χ2n) is 7.36. The number of benzene rings is 3. The minimum Gasteiger partial charge on any atom is -0.298 e. The quantitative estimate of drug-likeness (QED) is 0.257. The number of hydrogen-bond donors (Lipinski definition) is 0. The standard InChI is InChI=1S/C26H22N2O3S2/c1-28(26(20-9-4-2-5-10-20)21-11-6-3-7-12-21)33(30,31)24-14-8-13-22(17-24)23(19-29)18-25-27-15-16-32-25/h2-19,26H,1H3/b23-18-. The highest BCUT2D eigenvalue weighted by molar-refractivity contribution is 7.89. The van der Waals surface area contributed by atoms with Crippen molar-refractivity contribution in [2.24, 2.45) is 0 Å². The molecule has 0 bridgehead atoms. The lowest BCUT2D eigenvalue weighted by Crippen LogP contribution is -2.32. The molecular weight excluding hydrogens is 452 g/mol. The van der Waals surface area contributed by atoms with Crippen molar-refractivity contribution < 1.29 is 13.2 Å². The van der Waals surface area contributed by atoms with E-state index in [9.17, 15) is 13.2 Å². The summed E-state index contributed by atoms with van der Waals surface area (Å²) < 4.78 is 28.8. The van der Waals surface area contributed by atoms with Gasteiger partial charge in [-0.2, -0.15) is 4.31 Å². The molecule has 4 aromatic rings. The van der Waals surface area contributed by atoms with Gasteiger partial charge in [0, 0.05) is 24.2 Å². The third-order valence-electron chi connectivity index (χ3n) is 5.30. The zero-order valence-electron chi connectivity index (χ0n) is 17.9. The molecule has 0 aliphatic rings. The van der Waals surface area contributed by atoms with Gasteiger partial charge >= 0.3 is 0 Å². The molecule has 0 aliphatic heterocycles. The van der Waals surface area contributed by atoms with Gasteiger partial charge in [-0.1, -0.05) is 72.8 Å². The van der Waals surface area contributed by atoms with Crippen LogP contribution in [0.5, 0.6) is 0 Å². The molecule has 0 saturated carbocycles. The van der Waals surface area contributed by atoms with Crippen LogP contribution in [0.4, 0.5) is 0 Å². The average Bonchev–Trinajstić information content (AvgIpc) is 3.37. The summed E-state index contributed by atoms with van der Waals surface area (Å²) >= 11 is 1.40. The summed E-state index contributed by atoms with van der Waals surface area (Å²) in [6.07, 6.45) is 4.03. The van der Waals surface area contributed by atoms with Crippen LogP contribution < -0.4 is 0 Å². The van der Waals surface area contributed by atoms with Crippen LogP contribution in [0, 0.1) is 0 Å². The number of thiazole rings is 1. The number of hydrogen-bond acceptors (Lipinski definition) is 5. The van der Waals surface area contributed by atoms with E-state index in [0.717, 1.165) is 11.1 Å². The molecule has 1 heterocycles. The van der Waals surface area contributed by atoms with E-state index in [1.807, 2.05) is 66.0 Å². The minimum absolute atomic E-state index is 0.117.